The third-order valence-electron chi connectivity index (χ3n) is 1.10. The Morgan fingerprint density at radius 3 is 2.33 bits per heavy atom. The molecule has 0 aromatic heterocycles. The van der Waals surface area contributed by atoms with Crippen molar-refractivity contribution in [1.82, 2.24) is 0 Å². The molecule has 1 atom stereocenters. The Bertz CT molecular complexity index is 130. The lowest BCUT2D eigenvalue weighted by Crippen LogP contribution is -2.15. The van der Waals surface area contributed by atoms with E-state index in [0.717, 1.165) is 6.29 Å². The van der Waals surface area contributed by atoms with Crippen LogP contribution in [0.3, 0.4) is 0 Å². The molecular weight excluding hydrogens is 114 g/mol. The van der Waals surface area contributed by atoms with Crippen molar-refractivity contribution in [1.29, 1.82) is 0 Å². The number of aldehydes is 1. The molecule has 50 valence electrons. The molecule has 0 N–H and O–H groups in total. The molecule has 0 heterocycles. The van der Waals surface area contributed by atoms with Crippen molar-refractivity contribution in [2.24, 2.45) is 10.4 Å². The van der Waals surface area contributed by atoms with Gasteiger partial charge in [-0.25, -0.2) is 0 Å². The standard InChI is InChI=1S/C7H11NO/c1-4-7(2,6-9)5-8-3/h4-6H,1H2,2-3H3. The van der Waals surface area contributed by atoms with E-state index in [0.29, 0.717) is 0 Å². The van der Waals surface area contributed by atoms with Crippen molar-refractivity contribution < 1.29 is 4.79 Å². The van der Waals surface area contributed by atoms with Gasteiger partial charge in [-0.2, -0.15) is 0 Å². The second kappa shape index (κ2) is 3.17. The highest BCUT2D eigenvalue weighted by atomic mass is 16.1. The van der Waals surface area contributed by atoms with Gasteiger partial charge in [0.05, 0.1) is 5.41 Å². The molecule has 0 saturated carbocycles. The van der Waals surface area contributed by atoms with E-state index in [1.165, 1.54) is 0 Å². The quantitative estimate of drug-likeness (QED) is 0.315. The van der Waals surface area contributed by atoms with Crippen LogP contribution in [0, 0.1) is 5.41 Å². The molecule has 0 spiro atoms. The zero-order valence-corrected chi connectivity index (χ0v) is 5.79. The predicted octanol–water partition coefficient (Wildman–Crippen LogP) is 1.08. The average molecular weight is 125 g/mol. The lowest BCUT2D eigenvalue weighted by Gasteiger charge is -2.08. The number of carbonyl (C=O) groups is 1. The van der Waals surface area contributed by atoms with E-state index in [1.54, 1.807) is 26.3 Å². The maximum atomic E-state index is 10.3. The Labute approximate surface area is 55.3 Å². The summed E-state index contributed by atoms with van der Waals surface area (Å²) in [6.45, 7) is 5.25. The third-order valence-corrected chi connectivity index (χ3v) is 1.10. The van der Waals surface area contributed by atoms with Gasteiger partial charge in [0.2, 0.25) is 0 Å². The van der Waals surface area contributed by atoms with Gasteiger partial charge in [-0.3, -0.25) is 4.99 Å². The molecule has 0 aromatic carbocycles. The SMILES string of the molecule is C=CC(C)(C=O)C=NC. The molecule has 0 bridgehead atoms. The van der Waals surface area contributed by atoms with Crippen LogP contribution in [0.2, 0.25) is 0 Å². The molecule has 0 aliphatic rings. The predicted molar refractivity (Wildman–Crippen MR) is 38.8 cm³/mol. The van der Waals surface area contributed by atoms with Gasteiger partial charge >= 0.3 is 0 Å². The van der Waals surface area contributed by atoms with Crippen molar-refractivity contribution in [3.8, 4) is 0 Å². The summed E-state index contributed by atoms with van der Waals surface area (Å²) in [5, 5.41) is 0. The van der Waals surface area contributed by atoms with Crippen molar-refractivity contribution >= 4 is 12.5 Å². The summed E-state index contributed by atoms with van der Waals surface area (Å²) in [4.78, 5) is 14.0. The lowest BCUT2D eigenvalue weighted by atomic mass is 9.95. The van der Waals surface area contributed by atoms with E-state index in [-0.39, 0.29) is 0 Å². The first-order valence-electron chi connectivity index (χ1n) is 2.72. The number of allylic oxidation sites excluding steroid dienone is 1. The van der Waals surface area contributed by atoms with Crippen LogP contribution in [0.5, 0.6) is 0 Å². The highest BCUT2D eigenvalue weighted by Gasteiger charge is 2.14. The Morgan fingerprint density at radius 2 is 2.22 bits per heavy atom. The first kappa shape index (κ1) is 8.08. The maximum Gasteiger partial charge on any atom is 0.134 e. The maximum absolute atomic E-state index is 10.3. The smallest absolute Gasteiger partial charge is 0.134 e. The number of carbonyl (C=O) groups excluding carboxylic acids is 1. The van der Waals surface area contributed by atoms with E-state index in [2.05, 4.69) is 11.6 Å². The summed E-state index contributed by atoms with van der Waals surface area (Å²) >= 11 is 0. The highest BCUT2D eigenvalue weighted by molar-refractivity contribution is 5.88. The molecule has 0 radical (unpaired) electrons. The Morgan fingerprint density at radius 1 is 1.67 bits per heavy atom. The molecule has 0 fully saturated rings. The van der Waals surface area contributed by atoms with Gasteiger partial charge in [0.25, 0.3) is 0 Å². The minimum atomic E-state index is -0.575. The molecule has 0 aromatic rings. The Balaban J connectivity index is 4.26. The van der Waals surface area contributed by atoms with E-state index < -0.39 is 5.41 Å². The van der Waals surface area contributed by atoms with Crippen molar-refractivity contribution in [3.05, 3.63) is 12.7 Å². The molecular formula is C7H11NO. The van der Waals surface area contributed by atoms with Gasteiger partial charge < -0.3 is 4.79 Å². The molecule has 0 rings (SSSR count). The normalized spacial score (nSPS) is 17.1. The van der Waals surface area contributed by atoms with Crippen molar-refractivity contribution in [2.45, 2.75) is 6.92 Å². The molecule has 1 unspecified atom stereocenters. The topological polar surface area (TPSA) is 29.4 Å². The average Bonchev–Trinajstić information content (AvgIpc) is 1.89. The second-order valence-electron chi connectivity index (χ2n) is 2.08. The van der Waals surface area contributed by atoms with Crippen LogP contribution in [0.1, 0.15) is 6.92 Å². The van der Waals surface area contributed by atoms with Crippen LogP contribution in [-0.4, -0.2) is 19.5 Å². The minimum absolute atomic E-state index is 0.575. The van der Waals surface area contributed by atoms with Gasteiger partial charge in [0.15, 0.2) is 0 Å². The number of hydrogen-bond acceptors (Lipinski definition) is 2. The van der Waals surface area contributed by atoms with Gasteiger partial charge in [0.1, 0.15) is 6.29 Å². The van der Waals surface area contributed by atoms with E-state index in [1.807, 2.05) is 0 Å². The first-order valence-corrected chi connectivity index (χ1v) is 2.72. The fourth-order valence-corrected chi connectivity index (χ4v) is 0.409. The van der Waals surface area contributed by atoms with Crippen LogP contribution in [0.4, 0.5) is 0 Å². The van der Waals surface area contributed by atoms with E-state index in [4.69, 9.17) is 0 Å². The molecule has 0 amide bonds. The van der Waals surface area contributed by atoms with Crippen LogP contribution >= 0.6 is 0 Å². The minimum Gasteiger partial charge on any atom is -0.302 e. The summed E-state index contributed by atoms with van der Waals surface area (Å²) in [6.07, 6.45) is 3.94. The second-order valence-corrected chi connectivity index (χ2v) is 2.08. The number of hydrogen-bond donors (Lipinski definition) is 0. The molecule has 0 aliphatic heterocycles. The van der Waals surface area contributed by atoms with Crippen molar-refractivity contribution in [3.63, 3.8) is 0 Å². The van der Waals surface area contributed by atoms with Gasteiger partial charge in [-0.1, -0.05) is 6.08 Å². The van der Waals surface area contributed by atoms with Gasteiger partial charge in [0, 0.05) is 13.3 Å². The molecule has 2 heteroatoms. The van der Waals surface area contributed by atoms with Gasteiger partial charge in [-0.15, -0.1) is 6.58 Å². The molecule has 2 nitrogen and oxygen atoms in total. The third kappa shape index (κ3) is 2.22. The van der Waals surface area contributed by atoms with Gasteiger partial charge in [-0.05, 0) is 6.92 Å². The largest absolute Gasteiger partial charge is 0.302 e. The Hall–Kier alpha value is -0.920. The first-order chi connectivity index (χ1) is 4.18. The highest BCUT2D eigenvalue weighted by Crippen LogP contribution is 2.08. The van der Waals surface area contributed by atoms with Crippen LogP contribution in [0.25, 0.3) is 0 Å². The zero-order chi connectivity index (χ0) is 7.33. The zero-order valence-electron chi connectivity index (χ0n) is 5.79. The summed E-state index contributed by atoms with van der Waals surface area (Å²) in [5.41, 5.74) is -0.575. The fourth-order valence-electron chi connectivity index (χ4n) is 0.409. The summed E-state index contributed by atoms with van der Waals surface area (Å²) in [7, 11) is 1.63. The summed E-state index contributed by atoms with van der Waals surface area (Å²) < 4.78 is 0. The number of aliphatic imine (C=N–C) groups is 1. The molecule has 0 aliphatic carbocycles. The molecule has 9 heavy (non-hydrogen) atoms. The number of nitrogens with zero attached hydrogens (tertiary/aromatic N) is 1. The van der Waals surface area contributed by atoms with Crippen LogP contribution < -0.4 is 0 Å². The lowest BCUT2D eigenvalue weighted by molar-refractivity contribution is -0.111. The summed E-state index contributed by atoms with van der Waals surface area (Å²) in [5.74, 6) is 0. The van der Waals surface area contributed by atoms with E-state index >= 15 is 0 Å². The van der Waals surface area contributed by atoms with Crippen LogP contribution in [-0.2, 0) is 4.79 Å². The van der Waals surface area contributed by atoms with E-state index in [9.17, 15) is 4.79 Å². The number of rotatable bonds is 3. The fraction of sp³-hybridized carbons (Fsp3) is 0.429. The summed E-state index contributed by atoms with van der Waals surface area (Å²) in [6, 6.07) is 0. The molecule has 0 saturated heterocycles. The Kier molecular flexibility index (Phi) is 2.85. The monoisotopic (exact) mass is 125 g/mol. The van der Waals surface area contributed by atoms with Crippen LogP contribution in [0.15, 0.2) is 17.6 Å². The van der Waals surface area contributed by atoms with Crippen molar-refractivity contribution in [2.75, 3.05) is 7.05 Å².